The lowest BCUT2D eigenvalue weighted by Gasteiger charge is -2.37. The average molecular weight is 353 g/mol. The van der Waals surface area contributed by atoms with Crippen molar-refractivity contribution in [1.29, 1.82) is 0 Å². The number of nitrogens with zero attached hydrogens (tertiary/aromatic N) is 2. The van der Waals surface area contributed by atoms with Crippen molar-refractivity contribution in [3.8, 4) is 0 Å². The third-order valence-electron chi connectivity index (χ3n) is 5.84. The summed E-state index contributed by atoms with van der Waals surface area (Å²) in [5, 5.41) is 6.79. The second-order valence-corrected chi connectivity index (χ2v) is 8.44. The molecular formula is C20H40N4O. The van der Waals surface area contributed by atoms with E-state index >= 15 is 0 Å². The predicted molar refractivity (Wildman–Crippen MR) is 105 cm³/mol. The van der Waals surface area contributed by atoms with Gasteiger partial charge in [0.25, 0.3) is 0 Å². The Balaban J connectivity index is 1.67. The van der Waals surface area contributed by atoms with Crippen molar-refractivity contribution >= 4 is 5.91 Å². The van der Waals surface area contributed by atoms with Gasteiger partial charge in [-0.1, -0.05) is 20.3 Å². The fourth-order valence-corrected chi connectivity index (χ4v) is 4.10. The summed E-state index contributed by atoms with van der Waals surface area (Å²) < 4.78 is 0. The van der Waals surface area contributed by atoms with Gasteiger partial charge in [-0.15, -0.1) is 0 Å². The van der Waals surface area contributed by atoms with Crippen LogP contribution >= 0.6 is 0 Å². The molecule has 0 aliphatic carbocycles. The molecule has 0 bridgehead atoms. The Morgan fingerprint density at radius 1 is 1.04 bits per heavy atom. The normalized spacial score (nSPS) is 24.2. The first-order valence-corrected chi connectivity index (χ1v) is 10.5. The van der Waals surface area contributed by atoms with Crippen molar-refractivity contribution in [2.24, 2.45) is 5.92 Å². The monoisotopic (exact) mass is 352 g/mol. The van der Waals surface area contributed by atoms with E-state index in [2.05, 4.69) is 48.1 Å². The summed E-state index contributed by atoms with van der Waals surface area (Å²) >= 11 is 0. The molecule has 2 heterocycles. The molecule has 0 saturated carbocycles. The Bertz CT molecular complexity index is 391. The number of amides is 1. The van der Waals surface area contributed by atoms with Crippen LogP contribution in [0.4, 0.5) is 0 Å². The average Bonchev–Trinajstić information content (AvgIpc) is 2.60. The summed E-state index contributed by atoms with van der Waals surface area (Å²) in [5.41, 5.74) is 0. The molecule has 0 aromatic heterocycles. The zero-order valence-corrected chi connectivity index (χ0v) is 16.9. The predicted octanol–water partition coefficient (Wildman–Crippen LogP) is 2.08. The maximum atomic E-state index is 12.5. The van der Waals surface area contributed by atoms with E-state index in [1.54, 1.807) is 0 Å². The smallest absolute Gasteiger partial charge is 0.223 e. The van der Waals surface area contributed by atoms with Crippen molar-refractivity contribution in [3.05, 3.63) is 0 Å². The van der Waals surface area contributed by atoms with E-state index < -0.39 is 0 Å². The van der Waals surface area contributed by atoms with Gasteiger partial charge in [-0.25, -0.2) is 0 Å². The van der Waals surface area contributed by atoms with Crippen LogP contribution in [0.5, 0.6) is 0 Å². The minimum atomic E-state index is 0.217. The van der Waals surface area contributed by atoms with Crippen molar-refractivity contribution < 1.29 is 4.79 Å². The Hall–Kier alpha value is -0.650. The van der Waals surface area contributed by atoms with E-state index in [1.165, 1.54) is 25.8 Å². The third-order valence-corrected chi connectivity index (χ3v) is 5.84. The number of hydrogen-bond acceptors (Lipinski definition) is 4. The minimum Gasteiger partial charge on any atom is -0.355 e. The highest BCUT2D eigenvalue weighted by Gasteiger charge is 2.26. The summed E-state index contributed by atoms with van der Waals surface area (Å²) in [6.07, 6.45) is 5.92. The second kappa shape index (κ2) is 10.5. The molecule has 5 nitrogen and oxygen atoms in total. The molecule has 0 radical (unpaired) electrons. The molecule has 0 spiro atoms. The molecule has 2 rings (SSSR count). The van der Waals surface area contributed by atoms with E-state index in [-0.39, 0.29) is 11.8 Å². The number of piperidine rings is 2. The van der Waals surface area contributed by atoms with Crippen LogP contribution < -0.4 is 10.6 Å². The molecule has 5 heteroatoms. The van der Waals surface area contributed by atoms with Gasteiger partial charge in [0, 0.05) is 43.7 Å². The van der Waals surface area contributed by atoms with E-state index in [4.69, 9.17) is 0 Å². The van der Waals surface area contributed by atoms with Crippen molar-refractivity contribution in [1.82, 2.24) is 20.4 Å². The topological polar surface area (TPSA) is 47.6 Å². The molecule has 1 amide bonds. The van der Waals surface area contributed by atoms with Crippen LogP contribution in [0.2, 0.25) is 0 Å². The number of carbonyl (C=O) groups excluding carboxylic acids is 1. The minimum absolute atomic E-state index is 0.217. The summed E-state index contributed by atoms with van der Waals surface area (Å²) in [4.78, 5) is 17.5. The second-order valence-electron chi connectivity index (χ2n) is 8.44. The van der Waals surface area contributed by atoms with Gasteiger partial charge < -0.3 is 15.5 Å². The molecule has 2 N–H and O–H groups in total. The Kier molecular flexibility index (Phi) is 8.67. The number of carbonyl (C=O) groups is 1. The molecule has 25 heavy (non-hydrogen) atoms. The lowest BCUT2D eigenvalue weighted by atomic mass is 9.95. The molecule has 1 atom stereocenters. The summed E-state index contributed by atoms with van der Waals surface area (Å²) in [6, 6.07) is 1.77. The van der Waals surface area contributed by atoms with Crippen LogP contribution in [0.3, 0.4) is 0 Å². The highest BCUT2D eigenvalue weighted by Crippen LogP contribution is 2.19. The van der Waals surface area contributed by atoms with Gasteiger partial charge in [-0.3, -0.25) is 9.69 Å². The lowest BCUT2D eigenvalue weighted by Crippen LogP contribution is -2.49. The number of rotatable bonds is 8. The Morgan fingerprint density at radius 3 is 2.40 bits per heavy atom. The lowest BCUT2D eigenvalue weighted by molar-refractivity contribution is -0.126. The SMILES string of the molecule is CC(C)NCC1CCCCN1CCNC(=O)C1CCN(C(C)C)CC1. The van der Waals surface area contributed by atoms with Crippen LogP contribution in [0.15, 0.2) is 0 Å². The van der Waals surface area contributed by atoms with Crippen LogP contribution in [0.25, 0.3) is 0 Å². The Labute approximate surface area is 154 Å². The van der Waals surface area contributed by atoms with Crippen LogP contribution in [0, 0.1) is 5.92 Å². The first-order chi connectivity index (χ1) is 12.0. The van der Waals surface area contributed by atoms with Gasteiger partial charge in [0.2, 0.25) is 5.91 Å². The molecule has 0 aromatic rings. The van der Waals surface area contributed by atoms with E-state index in [0.29, 0.717) is 18.1 Å². The van der Waals surface area contributed by atoms with Gasteiger partial charge >= 0.3 is 0 Å². The van der Waals surface area contributed by atoms with E-state index in [9.17, 15) is 4.79 Å². The molecular weight excluding hydrogens is 312 g/mol. The maximum absolute atomic E-state index is 12.5. The molecule has 2 saturated heterocycles. The first-order valence-electron chi connectivity index (χ1n) is 10.5. The molecule has 0 aromatic carbocycles. The van der Waals surface area contributed by atoms with E-state index in [1.807, 2.05) is 0 Å². The van der Waals surface area contributed by atoms with Crippen LogP contribution in [-0.2, 0) is 4.79 Å². The first kappa shape index (κ1) is 20.7. The molecule has 146 valence electrons. The number of likely N-dealkylation sites (tertiary alicyclic amines) is 2. The fourth-order valence-electron chi connectivity index (χ4n) is 4.10. The van der Waals surface area contributed by atoms with Gasteiger partial charge in [0.05, 0.1) is 0 Å². The van der Waals surface area contributed by atoms with Gasteiger partial charge in [-0.05, 0) is 59.2 Å². The molecule has 2 aliphatic rings. The van der Waals surface area contributed by atoms with Crippen LogP contribution in [-0.4, -0.2) is 73.1 Å². The highest BCUT2D eigenvalue weighted by molar-refractivity contribution is 5.78. The Morgan fingerprint density at radius 2 is 1.76 bits per heavy atom. The van der Waals surface area contributed by atoms with Crippen molar-refractivity contribution in [2.75, 3.05) is 39.3 Å². The molecule has 1 unspecified atom stereocenters. The van der Waals surface area contributed by atoms with Gasteiger partial charge in [0.15, 0.2) is 0 Å². The number of hydrogen-bond donors (Lipinski definition) is 2. The molecule has 2 aliphatic heterocycles. The highest BCUT2D eigenvalue weighted by atomic mass is 16.1. The summed E-state index contributed by atoms with van der Waals surface area (Å²) in [6.45, 7) is 15.0. The summed E-state index contributed by atoms with van der Waals surface area (Å²) in [7, 11) is 0. The van der Waals surface area contributed by atoms with Crippen molar-refractivity contribution in [3.63, 3.8) is 0 Å². The maximum Gasteiger partial charge on any atom is 0.223 e. The van der Waals surface area contributed by atoms with Gasteiger partial charge in [-0.2, -0.15) is 0 Å². The summed E-state index contributed by atoms with van der Waals surface area (Å²) in [5.74, 6) is 0.493. The largest absolute Gasteiger partial charge is 0.355 e. The molecule has 2 fully saturated rings. The van der Waals surface area contributed by atoms with Gasteiger partial charge in [0.1, 0.15) is 0 Å². The van der Waals surface area contributed by atoms with E-state index in [0.717, 1.165) is 45.6 Å². The zero-order chi connectivity index (χ0) is 18.2. The zero-order valence-electron chi connectivity index (χ0n) is 16.9. The quantitative estimate of drug-likeness (QED) is 0.702. The fraction of sp³-hybridized carbons (Fsp3) is 0.950. The van der Waals surface area contributed by atoms with Crippen molar-refractivity contribution in [2.45, 2.75) is 77.9 Å². The standard InChI is InChI=1S/C20H40N4O/c1-16(2)22-15-19-7-5-6-11-24(19)14-10-21-20(25)18-8-12-23(13-9-18)17(3)4/h16-19,22H,5-15H2,1-4H3,(H,21,25). The third kappa shape index (κ3) is 6.87. The number of nitrogens with one attached hydrogen (secondary N) is 2. The van der Waals surface area contributed by atoms with Crippen LogP contribution in [0.1, 0.15) is 59.8 Å².